The molecular weight excluding hydrogens is 324 g/mol. The zero-order chi connectivity index (χ0) is 18.0. The van der Waals surface area contributed by atoms with Gasteiger partial charge in [0, 0.05) is 44.4 Å². The number of pyridine rings is 1. The first-order valence-corrected chi connectivity index (χ1v) is 8.16. The third kappa shape index (κ3) is 3.62. The minimum Gasteiger partial charge on any atom is -0.478 e. The first-order chi connectivity index (χ1) is 12.0. The summed E-state index contributed by atoms with van der Waals surface area (Å²) >= 11 is 0. The van der Waals surface area contributed by atoms with Gasteiger partial charge in [-0.2, -0.15) is 0 Å². The zero-order valence-electron chi connectivity index (χ0n) is 14.2. The van der Waals surface area contributed by atoms with Gasteiger partial charge in [-0.3, -0.25) is 4.79 Å². The summed E-state index contributed by atoms with van der Waals surface area (Å²) in [5, 5.41) is 12.8. The Kier molecular flexibility index (Phi) is 4.69. The third-order valence-electron chi connectivity index (χ3n) is 4.20. The Morgan fingerprint density at radius 3 is 2.44 bits per heavy atom. The van der Waals surface area contributed by atoms with E-state index in [4.69, 9.17) is 9.63 Å². The van der Waals surface area contributed by atoms with Crippen molar-refractivity contribution in [3.63, 3.8) is 0 Å². The molecule has 1 fully saturated rings. The van der Waals surface area contributed by atoms with Crippen molar-refractivity contribution in [3.8, 4) is 0 Å². The van der Waals surface area contributed by atoms with Gasteiger partial charge >= 0.3 is 5.97 Å². The Hall–Kier alpha value is -2.90. The smallest absolute Gasteiger partial charge is 0.337 e. The van der Waals surface area contributed by atoms with Crippen LogP contribution in [0.25, 0.3) is 0 Å². The number of anilines is 1. The molecule has 1 aliphatic rings. The van der Waals surface area contributed by atoms with E-state index in [9.17, 15) is 9.59 Å². The number of amides is 1. The molecule has 2 aromatic heterocycles. The molecule has 0 aromatic carbocycles. The first-order valence-electron chi connectivity index (χ1n) is 8.16. The van der Waals surface area contributed by atoms with E-state index in [1.807, 2.05) is 18.7 Å². The molecule has 0 bridgehead atoms. The third-order valence-corrected chi connectivity index (χ3v) is 4.20. The van der Waals surface area contributed by atoms with Gasteiger partial charge in [-0.25, -0.2) is 9.78 Å². The molecule has 0 saturated carbocycles. The van der Waals surface area contributed by atoms with Gasteiger partial charge in [0.05, 0.1) is 5.56 Å². The Labute approximate surface area is 145 Å². The number of piperazine rings is 1. The number of carbonyl (C=O) groups is 2. The molecule has 1 saturated heterocycles. The van der Waals surface area contributed by atoms with Crippen LogP contribution in [0.5, 0.6) is 0 Å². The van der Waals surface area contributed by atoms with Crippen LogP contribution >= 0.6 is 0 Å². The summed E-state index contributed by atoms with van der Waals surface area (Å²) in [4.78, 5) is 31.3. The molecule has 1 aliphatic heterocycles. The van der Waals surface area contributed by atoms with Crippen molar-refractivity contribution >= 4 is 17.7 Å². The number of carboxylic acid groups (broad SMARTS) is 1. The molecule has 0 unspecified atom stereocenters. The molecule has 8 heteroatoms. The number of hydrogen-bond acceptors (Lipinski definition) is 6. The summed E-state index contributed by atoms with van der Waals surface area (Å²) in [5.74, 6) is 0.461. The number of aromatic nitrogens is 2. The molecule has 0 aliphatic carbocycles. The Bertz CT molecular complexity index is 761. The zero-order valence-corrected chi connectivity index (χ0v) is 14.2. The molecule has 25 heavy (non-hydrogen) atoms. The van der Waals surface area contributed by atoms with Crippen molar-refractivity contribution in [2.75, 3.05) is 31.1 Å². The molecule has 0 atom stereocenters. The van der Waals surface area contributed by atoms with E-state index in [0.717, 1.165) is 0 Å². The molecule has 3 heterocycles. The van der Waals surface area contributed by atoms with Crippen molar-refractivity contribution < 1.29 is 19.2 Å². The van der Waals surface area contributed by atoms with Gasteiger partial charge in [0.1, 0.15) is 11.6 Å². The highest BCUT2D eigenvalue weighted by Gasteiger charge is 2.25. The highest BCUT2D eigenvalue weighted by molar-refractivity contribution is 5.92. The van der Waals surface area contributed by atoms with E-state index < -0.39 is 5.97 Å². The van der Waals surface area contributed by atoms with Crippen molar-refractivity contribution in [1.29, 1.82) is 0 Å². The van der Waals surface area contributed by atoms with E-state index in [-0.39, 0.29) is 17.4 Å². The number of nitrogens with zero attached hydrogens (tertiary/aromatic N) is 4. The molecule has 132 valence electrons. The number of aromatic carboxylic acids is 1. The number of carbonyl (C=O) groups excluding carboxylic acids is 1. The lowest BCUT2D eigenvalue weighted by molar-refractivity contribution is 0.0694. The van der Waals surface area contributed by atoms with Gasteiger partial charge in [-0.1, -0.05) is 19.0 Å². The minimum absolute atomic E-state index is 0.135. The highest BCUT2D eigenvalue weighted by atomic mass is 16.5. The Morgan fingerprint density at radius 2 is 1.92 bits per heavy atom. The van der Waals surface area contributed by atoms with Gasteiger partial charge in [-0.15, -0.1) is 0 Å². The molecular formula is C17H20N4O4. The topological polar surface area (TPSA) is 99.8 Å². The van der Waals surface area contributed by atoms with E-state index in [0.29, 0.717) is 43.5 Å². The summed E-state index contributed by atoms with van der Waals surface area (Å²) in [6.45, 7) is 6.31. The van der Waals surface area contributed by atoms with Crippen LogP contribution in [-0.4, -0.2) is 58.2 Å². The summed E-state index contributed by atoms with van der Waals surface area (Å²) in [6.07, 6.45) is 1.35. The largest absolute Gasteiger partial charge is 0.478 e. The average molecular weight is 344 g/mol. The second kappa shape index (κ2) is 6.92. The van der Waals surface area contributed by atoms with E-state index in [2.05, 4.69) is 10.1 Å². The second-order valence-electron chi connectivity index (χ2n) is 6.26. The maximum Gasteiger partial charge on any atom is 0.337 e. The predicted octanol–water partition coefficient (Wildman–Crippen LogP) is 1.85. The Balaban J connectivity index is 1.61. The summed E-state index contributed by atoms with van der Waals surface area (Å²) in [6, 6.07) is 4.92. The minimum atomic E-state index is -0.997. The Morgan fingerprint density at radius 1 is 1.20 bits per heavy atom. The molecule has 2 aromatic rings. The van der Waals surface area contributed by atoms with Crippen LogP contribution in [0.3, 0.4) is 0 Å². The number of rotatable bonds is 4. The van der Waals surface area contributed by atoms with Crippen molar-refractivity contribution in [2.24, 2.45) is 0 Å². The summed E-state index contributed by atoms with van der Waals surface area (Å²) in [5.41, 5.74) is 0.491. The van der Waals surface area contributed by atoms with Crippen molar-refractivity contribution in [1.82, 2.24) is 15.0 Å². The number of hydrogen-bond donors (Lipinski definition) is 1. The molecule has 1 amide bonds. The predicted molar refractivity (Wildman–Crippen MR) is 89.9 cm³/mol. The van der Waals surface area contributed by atoms with Crippen molar-refractivity contribution in [2.45, 2.75) is 19.8 Å². The van der Waals surface area contributed by atoms with Crippen LogP contribution in [0, 0.1) is 0 Å². The second-order valence-corrected chi connectivity index (χ2v) is 6.26. The van der Waals surface area contributed by atoms with E-state index >= 15 is 0 Å². The molecule has 0 radical (unpaired) electrons. The van der Waals surface area contributed by atoms with Crippen molar-refractivity contribution in [3.05, 3.63) is 41.4 Å². The van der Waals surface area contributed by atoms with Gasteiger partial charge in [0.25, 0.3) is 5.91 Å². The summed E-state index contributed by atoms with van der Waals surface area (Å²) in [7, 11) is 0. The fourth-order valence-corrected chi connectivity index (χ4v) is 2.66. The normalized spacial score (nSPS) is 14.8. The maximum atomic E-state index is 12.5. The molecule has 0 spiro atoms. The fraction of sp³-hybridized carbons (Fsp3) is 0.412. The van der Waals surface area contributed by atoms with Gasteiger partial charge in [0.15, 0.2) is 5.69 Å². The lowest BCUT2D eigenvalue weighted by Gasteiger charge is -2.35. The van der Waals surface area contributed by atoms with Crippen LogP contribution in [0.2, 0.25) is 0 Å². The highest BCUT2D eigenvalue weighted by Crippen LogP contribution is 2.18. The lowest BCUT2D eigenvalue weighted by Crippen LogP contribution is -2.49. The van der Waals surface area contributed by atoms with Crippen LogP contribution in [0.1, 0.15) is 46.4 Å². The standard InChI is InChI=1S/C17H20N4O4/c1-11(2)14-9-13(19-25-14)16(22)21-7-5-20(6-8-21)15-4-3-12(10-18-15)17(23)24/h3-4,9-11H,5-8H2,1-2H3,(H,23,24). The van der Waals surface area contributed by atoms with Crippen LogP contribution in [0.15, 0.2) is 28.9 Å². The average Bonchev–Trinajstić information content (AvgIpc) is 3.12. The van der Waals surface area contributed by atoms with Crippen LogP contribution in [-0.2, 0) is 0 Å². The van der Waals surface area contributed by atoms with Gasteiger partial charge in [-0.05, 0) is 12.1 Å². The number of carboxylic acids is 1. The fourth-order valence-electron chi connectivity index (χ4n) is 2.66. The van der Waals surface area contributed by atoms with Crippen LogP contribution in [0.4, 0.5) is 5.82 Å². The molecule has 1 N–H and O–H groups in total. The van der Waals surface area contributed by atoms with Gasteiger partial charge < -0.3 is 19.4 Å². The van der Waals surface area contributed by atoms with E-state index in [1.54, 1.807) is 17.0 Å². The lowest BCUT2D eigenvalue weighted by atomic mass is 10.1. The maximum absolute atomic E-state index is 12.5. The SMILES string of the molecule is CC(C)c1cc(C(=O)N2CCN(c3ccc(C(=O)O)cn3)CC2)no1. The molecule has 8 nitrogen and oxygen atoms in total. The molecule has 3 rings (SSSR count). The first kappa shape index (κ1) is 16.9. The van der Waals surface area contributed by atoms with Gasteiger partial charge in [0.2, 0.25) is 0 Å². The van der Waals surface area contributed by atoms with E-state index in [1.165, 1.54) is 12.3 Å². The van der Waals surface area contributed by atoms with Crippen LogP contribution < -0.4 is 4.90 Å². The quantitative estimate of drug-likeness (QED) is 0.903. The monoisotopic (exact) mass is 344 g/mol. The summed E-state index contributed by atoms with van der Waals surface area (Å²) < 4.78 is 5.19.